The van der Waals surface area contributed by atoms with E-state index in [-0.39, 0.29) is 41.7 Å². The van der Waals surface area contributed by atoms with Crippen LogP contribution in [0.3, 0.4) is 0 Å². The molecule has 2 unspecified atom stereocenters. The smallest absolute Gasteiger partial charge is 0.311 e. The number of oxime groups is 1. The van der Waals surface area contributed by atoms with Crippen molar-refractivity contribution in [2.45, 2.75) is 32.0 Å². The van der Waals surface area contributed by atoms with Crippen LogP contribution in [0.25, 0.3) is 0 Å². The molecule has 2 atom stereocenters. The summed E-state index contributed by atoms with van der Waals surface area (Å²) >= 11 is 0. The molecule has 114 valence electrons. The highest BCUT2D eigenvalue weighted by Crippen LogP contribution is 2.29. The lowest BCUT2D eigenvalue weighted by atomic mass is 10.1. The van der Waals surface area contributed by atoms with Crippen LogP contribution in [0.4, 0.5) is 5.69 Å². The number of nitrogens with zero attached hydrogens (tertiary/aromatic N) is 2. The molecule has 0 radical (unpaired) electrons. The van der Waals surface area contributed by atoms with Crippen LogP contribution < -0.4 is 10.5 Å². The number of nitro benzene ring substituents is 1. The predicted molar refractivity (Wildman–Crippen MR) is 74.7 cm³/mol. The summed E-state index contributed by atoms with van der Waals surface area (Å²) in [5.41, 5.74) is 5.44. The zero-order valence-electron chi connectivity index (χ0n) is 11.6. The summed E-state index contributed by atoms with van der Waals surface area (Å²) in [5.74, 6) is -0.0600. The molecule has 1 heterocycles. The van der Waals surface area contributed by atoms with E-state index in [0.29, 0.717) is 0 Å². The normalized spacial score (nSPS) is 22.2. The second kappa shape index (κ2) is 6.40. The van der Waals surface area contributed by atoms with E-state index in [0.717, 1.165) is 12.8 Å². The first-order chi connectivity index (χ1) is 10.0. The van der Waals surface area contributed by atoms with E-state index in [1.165, 1.54) is 18.2 Å². The minimum atomic E-state index is -0.568. The molecule has 1 fully saturated rings. The predicted octanol–water partition coefficient (Wildman–Crippen LogP) is 1.64. The maximum Gasteiger partial charge on any atom is 0.311 e. The number of nitro groups is 1. The summed E-state index contributed by atoms with van der Waals surface area (Å²) in [4.78, 5) is 10.5. The minimum Gasteiger partial charge on any atom is -0.484 e. The Kier molecular flexibility index (Phi) is 4.59. The number of ether oxygens (including phenoxy) is 2. The number of hydrogen-bond acceptors (Lipinski definition) is 6. The van der Waals surface area contributed by atoms with Gasteiger partial charge in [0.2, 0.25) is 0 Å². The fourth-order valence-electron chi connectivity index (χ4n) is 2.19. The Bertz CT molecular complexity index is 561. The van der Waals surface area contributed by atoms with Crippen molar-refractivity contribution in [2.24, 2.45) is 10.9 Å². The molecule has 1 aliphatic rings. The average Bonchev–Trinajstić information content (AvgIpc) is 2.89. The van der Waals surface area contributed by atoms with Crippen LogP contribution in [0.2, 0.25) is 0 Å². The molecule has 0 spiro atoms. The van der Waals surface area contributed by atoms with E-state index in [1.54, 1.807) is 0 Å². The van der Waals surface area contributed by atoms with Crippen molar-refractivity contribution in [3.63, 3.8) is 0 Å². The van der Waals surface area contributed by atoms with Gasteiger partial charge in [0.25, 0.3) is 0 Å². The molecule has 0 aliphatic carbocycles. The monoisotopic (exact) mass is 295 g/mol. The molecule has 21 heavy (non-hydrogen) atoms. The molecule has 0 amide bonds. The summed E-state index contributed by atoms with van der Waals surface area (Å²) in [5, 5.41) is 22.5. The zero-order valence-corrected chi connectivity index (χ0v) is 11.6. The van der Waals surface area contributed by atoms with Crippen molar-refractivity contribution in [2.75, 3.05) is 6.61 Å². The third-order valence-corrected chi connectivity index (χ3v) is 3.30. The molecule has 1 saturated heterocycles. The number of benzene rings is 1. The number of nitrogens with two attached hydrogens (primary N) is 1. The van der Waals surface area contributed by atoms with Gasteiger partial charge in [-0.25, -0.2) is 0 Å². The molecular formula is C13H17N3O5. The van der Waals surface area contributed by atoms with Crippen molar-refractivity contribution in [1.29, 1.82) is 0 Å². The maximum absolute atomic E-state index is 11.1. The second-order valence-corrected chi connectivity index (χ2v) is 4.88. The molecule has 3 N–H and O–H groups in total. The Morgan fingerprint density at radius 2 is 2.38 bits per heavy atom. The van der Waals surface area contributed by atoms with Gasteiger partial charge in [-0.3, -0.25) is 10.1 Å². The van der Waals surface area contributed by atoms with Gasteiger partial charge >= 0.3 is 5.69 Å². The Hall–Kier alpha value is -2.35. The van der Waals surface area contributed by atoms with Gasteiger partial charge in [-0.2, -0.15) is 0 Å². The second-order valence-electron chi connectivity index (χ2n) is 4.88. The topological polar surface area (TPSA) is 120 Å². The van der Waals surface area contributed by atoms with Crippen molar-refractivity contribution in [3.8, 4) is 5.75 Å². The minimum absolute atomic E-state index is 0.0524. The quantitative estimate of drug-likeness (QED) is 0.280. The molecule has 1 aromatic rings. The SMILES string of the molecule is CC1CCC(COc2ccc(/C(N)=N/O)cc2[N+](=O)[O-])O1. The number of rotatable bonds is 5. The summed E-state index contributed by atoms with van der Waals surface area (Å²) in [6.45, 7) is 2.24. The summed E-state index contributed by atoms with van der Waals surface area (Å²) in [6, 6.07) is 4.14. The maximum atomic E-state index is 11.1. The van der Waals surface area contributed by atoms with E-state index in [2.05, 4.69) is 5.16 Å². The Balaban J connectivity index is 2.13. The fraction of sp³-hybridized carbons (Fsp3) is 0.462. The van der Waals surface area contributed by atoms with Crippen LogP contribution in [0.1, 0.15) is 25.3 Å². The number of hydrogen-bond donors (Lipinski definition) is 2. The average molecular weight is 295 g/mol. The largest absolute Gasteiger partial charge is 0.484 e. The van der Waals surface area contributed by atoms with Gasteiger partial charge in [-0.1, -0.05) is 5.16 Å². The molecule has 1 aromatic carbocycles. The van der Waals surface area contributed by atoms with E-state index >= 15 is 0 Å². The highest BCUT2D eigenvalue weighted by atomic mass is 16.6. The third-order valence-electron chi connectivity index (χ3n) is 3.30. The van der Waals surface area contributed by atoms with Gasteiger partial charge in [0, 0.05) is 11.6 Å². The lowest BCUT2D eigenvalue weighted by molar-refractivity contribution is -0.385. The Morgan fingerprint density at radius 3 is 2.95 bits per heavy atom. The highest BCUT2D eigenvalue weighted by molar-refractivity contribution is 5.97. The van der Waals surface area contributed by atoms with Gasteiger partial charge in [-0.05, 0) is 31.9 Å². The van der Waals surface area contributed by atoms with Crippen LogP contribution >= 0.6 is 0 Å². The van der Waals surface area contributed by atoms with E-state index in [9.17, 15) is 10.1 Å². The van der Waals surface area contributed by atoms with Crippen LogP contribution in [0.15, 0.2) is 23.4 Å². The van der Waals surface area contributed by atoms with Gasteiger partial charge in [0.05, 0.1) is 17.1 Å². The van der Waals surface area contributed by atoms with E-state index in [4.69, 9.17) is 20.4 Å². The third kappa shape index (κ3) is 3.60. The molecule has 0 bridgehead atoms. The molecular weight excluding hydrogens is 278 g/mol. The fourth-order valence-corrected chi connectivity index (χ4v) is 2.19. The van der Waals surface area contributed by atoms with Gasteiger partial charge < -0.3 is 20.4 Å². The van der Waals surface area contributed by atoms with Crippen molar-refractivity contribution < 1.29 is 19.6 Å². The molecule has 0 aromatic heterocycles. The molecule has 8 nitrogen and oxygen atoms in total. The van der Waals surface area contributed by atoms with E-state index < -0.39 is 4.92 Å². The van der Waals surface area contributed by atoms with Crippen LogP contribution in [0.5, 0.6) is 5.75 Å². The Labute approximate surface area is 121 Å². The van der Waals surface area contributed by atoms with Gasteiger partial charge in [0.15, 0.2) is 11.6 Å². The van der Waals surface area contributed by atoms with Crippen molar-refractivity contribution in [3.05, 3.63) is 33.9 Å². The molecule has 2 rings (SSSR count). The van der Waals surface area contributed by atoms with E-state index in [1.807, 2.05) is 6.92 Å². The summed E-state index contributed by atoms with van der Waals surface area (Å²) in [7, 11) is 0. The Morgan fingerprint density at radius 1 is 1.62 bits per heavy atom. The van der Waals surface area contributed by atoms with Crippen LogP contribution in [-0.4, -0.2) is 34.8 Å². The van der Waals surface area contributed by atoms with Crippen LogP contribution in [-0.2, 0) is 4.74 Å². The first-order valence-corrected chi connectivity index (χ1v) is 6.56. The molecule has 0 saturated carbocycles. The first-order valence-electron chi connectivity index (χ1n) is 6.56. The first kappa shape index (κ1) is 15.0. The molecule has 1 aliphatic heterocycles. The van der Waals surface area contributed by atoms with Crippen molar-refractivity contribution in [1.82, 2.24) is 0 Å². The highest BCUT2D eigenvalue weighted by Gasteiger charge is 2.24. The number of amidine groups is 1. The van der Waals surface area contributed by atoms with Crippen molar-refractivity contribution >= 4 is 11.5 Å². The van der Waals surface area contributed by atoms with Gasteiger partial charge in [0.1, 0.15) is 6.61 Å². The van der Waals surface area contributed by atoms with Gasteiger partial charge in [-0.15, -0.1) is 0 Å². The summed E-state index contributed by atoms with van der Waals surface area (Å²) in [6.07, 6.45) is 1.97. The lowest BCUT2D eigenvalue weighted by Gasteiger charge is -2.13. The zero-order chi connectivity index (χ0) is 15.4. The lowest BCUT2D eigenvalue weighted by Crippen LogP contribution is -2.18. The molecule has 8 heteroatoms. The standard InChI is InChI=1S/C13H17N3O5/c1-8-2-4-10(21-8)7-20-12-5-3-9(13(14)15-17)6-11(12)16(18)19/h3,5-6,8,10,17H,2,4,7H2,1H3,(H2,14,15). The van der Waals surface area contributed by atoms with Crippen LogP contribution in [0, 0.1) is 10.1 Å². The summed E-state index contributed by atoms with van der Waals surface area (Å²) < 4.78 is 11.1.